The van der Waals surface area contributed by atoms with Gasteiger partial charge >= 0.3 is 0 Å². The van der Waals surface area contributed by atoms with Crippen molar-refractivity contribution in [3.63, 3.8) is 0 Å². The standard InChI is InChI=1S/C15H21ClO3/c1-15(2,17)11-8-13(18-3)14(9-12(11)16)19-10-6-4-5-7-10/h8-10,17H,4-7H2,1-3H3. The average Bonchev–Trinajstić information content (AvgIpc) is 2.80. The number of aliphatic hydroxyl groups is 1. The van der Waals surface area contributed by atoms with Gasteiger partial charge in [0, 0.05) is 11.6 Å². The Morgan fingerprint density at radius 2 is 1.84 bits per heavy atom. The molecule has 1 aliphatic rings. The molecule has 0 atom stereocenters. The molecule has 0 aromatic heterocycles. The van der Waals surface area contributed by atoms with E-state index in [1.54, 1.807) is 33.1 Å². The molecular weight excluding hydrogens is 264 g/mol. The molecule has 1 aromatic rings. The Morgan fingerprint density at radius 3 is 2.37 bits per heavy atom. The Kier molecular flexibility index (Phi) is 4.26. The minimum Gasteiger partial charge on any atom is -0.493 e. The highest BCUT2D eigenvalue weighted by Gasteiger charge is 2.24. The van der Waals surface area contributed by atoms with Gasteiger partial charge in [0.15, 0.2) is 11.5 Å². The summed E-state index contributed by atoms with van der Waals surface area (Å²) in [6, 6.07) is 3.50. The summed E-state index contributed by atoms with van der Waals surface area (Å²) in [7, 11) is 1.60. The smallest absolute Gasteiger partial charge is 0.163 e. The van der Waals surface area contributed by atoms with E-state index in [1.165, 1.54) is 12.8 Å². The highest BCUT2D eigenvalue weighted by Crippen LogP contribution is 2.39. The fourth-order valence-corrected chi connectivity index (χ4v) is 2.83. The van der Waals surface area contributed by atoms with Crippen LogP contribution in [0.2, 0.25) is 5.02 Å². The van der Waals surface area contributed by atoms with Crippen LogP contribution in [0.15, 0.2) is 12.1 Å². The molecule has 1 saturated carbocycles. The van der Waals surface area contributed by atoms with Gasteiger partial charge in [-0.25, -0.2) is 0 Å². The number of benzene rings is 1. The van der Waals surface area contributed by atoms with Crippen molar-refractivity contribution in [2.45, 2.75) is 51.2 Å². The summed E-state index contributed by atoms with van der Waals surface area (Å²) in [4.78, 5) is 0. The Hall–Kier alpha value is -0.930. The van der Waals surface area contributed by atoms with E-state index < -0.39 is 5.60 Å². The number of hydrogen-bond donors (Lipinski definition) is 1. The molecular formula is C15H21ClO3. The quantitative estimate of drug-likeness (QED) is 0.911. The van der Waals surface area contributed by atoms with Gasteiger partial charge in [-0.3, -0.25) is 0 Å². The van der Waals surface area contributed by atoms with E-state index in [4.69, 9.17) is 21.1 Å². The van der Waals surface area contributed by atoms with Gasteiger partial charge in [-0.05, 0) is 45.6 Å². The van der Waals surface area contributed by atoms with Crippen LogP contribution in [0.3, 0.4) is 0 Å². The van der Waals surface area contributed by atoms with Crippen LogP contribution in [0.5, 0.6) is 11.5 Å². The molecule has 0 amide bonds. The Morgan fingerprint density at radius 1 is 1.21 bits per heavy atom. The van der Waals surface area contributed by atoms with Crippen LogP contribution in [-0.4, -0.2) is 18.3 Å². The summed E-state index contributed by atoms with van der Waals surface area (Å²) in [5.74, 6) is 1.28. The maximum Gasteiger partial charge on any atom is 0.163 e. The van der Waals surface area contributed by atoms with E-state index in [0.717, 1.165) is 12.8 Å². The van der Waals surface area contributed by atoms with Crippen LogP contribution < -0.4 is 9.47 Å². The fourth-order valence-electron chi connectivity index (χ4n) is 2.44. The molecule has 0 unspecified atom stereocenters. The zero-order chi connectivity index (χ0) is 14.0. The van der Waals surface area contributed by atoms with Crippen LogP contribution in [0.25, 0.3) is 0 Å². The highest BCUT2D eigenvalue weighted by atomic mass is 35.5. The van der Waals surface area contributed by atoms with Gasteiger partial charge < -0.3 is 14.6 Å². The van der Waals surface area contributed by atoms with Crippen LogP contribution in [0.1, 0.15) is 45.1 Å². The molecule has 3 nitrogen and oxygen atoms in total. The monoisotopic (exact) mass is 284 g/mol. The maximum atomic E-state index is 10.1. The van der Waals surface area contributed by atoms with E-state index in [-0.39, 0.29) is 6.10 Å². The molecule has 106 valence electrons. The Balaban J connectivity index is 2.31. The lowest BCUT2D eigenvalue weighted by molar-refractivity contribution is 0.0782. The van der Waals surface area contributed by atoms with Gasteiger partial charge in [0.1, 0.15) is 0 Å². The molecule has 1 aromatic carbocycles. The summed E-state index contributed by atoms with van der Waals surface area (Å²) >= 11 is 6.23. The zero-order valence-corrected chi connectivity index (χ0v) is 12.5. The van der Waals surface area contributed by atoms with Gasteiger partial charge in [-0.2, -0.15) is 0 Å². The third-order valence-corrected chi connectivity index (χ3v) is 3.82. The summed E-state index contributed by atoms with van der Waals surface area (Å²) in [6.45, 7) is 3.40. The van der Waals surface area contributed by atoms with Crippen LogP contribution >= 0.6 is 11.6 Å². The van der Waals surface area contributed by atoms with Crippen LogP contribution in [0.4, 0.5) is 0 Å². The van der Waals surface area contributed by atoms with Gasteiger partial charge in [0.25, 0.3) is 0 Å². The van der Waals surface area contributed by atoms with Crippen molar-refractivity contribution in [2.24, 2.45) is 0 Å². The van der Waals surface area contributed by atoms with E-state index in [2.05, 4.69) is 0 Å². The Bertz CT molecular complexity index is 445. The van der Waals surface area contributed by atoms with E-state index in [1.807, 2.05) is 0 Å². The maximum absolute atomic E-state index is 10.1. The number of rotatable bonds is 4. The molecule has 0 heterocycles. The summed E-state index contributed by atoms with van der Waals surface area (Å²) in [5.41, 5.74) is -0.360. The summed E-state index contributed by atoms with van der Waals surface area (Å²) in [6.07, 6.45) is 4.82. The first-order valence-corrected chi connectivity index (χ1v) is 7.06. The predicted octanol–water partition coefficient (Wildman–Crippen LogP) is 3.90. The summed E-state index contributed by atoms with van der Waals surface area (Å²) < 4.78 is 11.3. The van der Waals surface area contributed by atoms with Gasteiger partial charge in [-0.15, -0.1) is 0 Å². The average molecular weight is 285 g/mol. The zero-order valence-electron chi connectivity index (χ0n) is 11.7. The molecule has 0 saturated heterocycles. The van der Waals surface area contributed by atoms with Crippen molar-refractivity contribution in [3.05, 3.63) is 22.7 Å². The molecule has 0 spiro atoms. The Labute approximate surface area is 119 Å². The SMILES string of the molecule is COc1cc(C(C)(C)O)c(Cl)cc1OC1CCCC1. The second-order valence-corrected chi connectivity index (χ2v) is 5.97. The minimum absolute atomic E-state index is 0.248. The van der Waals surface area contributed by atoms with Crippen LogP contribution in [0, 0.1) is 0 Å². The van der Waals surface area contributed by atoms with E-state index >= 15 is 0 Å². The second kappa shape index (κ2) is 5.59. The molecule has 0 bridgehead atoms. The summed E-state index contributed by atoms with van der Waals surface area (Å²) in [5, 5.41) is 10.6. The lowest BCUT2D eigenvalue weighted by Gasteiger charge is -2.22. The third-order valence-electron chi connectivity index (χ3n) is 3.51. The first-order chi connectivity index (χ1) is 8.91. The third kappa shape index (κ3) is 3.34. The van der Waals surface area contributed by atoms with E-state index in [9.17, 15) is 5.11 Å². The molecule has 1 N–H and O–H groups in total. The van der Waals surface area contributed by atoms with Crippen LogP contribution in [-0.2, 0) is 5.60 Å². The van der Waals surface area contributed by atoms with Gasteiger partial charge in [0.05, 0.1) is 23.8 Å². The normalized spacial score (nSPS) is 16.7. The number of hydrogen-bond acceptors (Lipinski definition) is 3. The molecule has 2 rings (SSSR count). The van der Waals surface area contributed by atoms with Crippen molar-refractivity contribution in [1.29, 1.82) is 0 Å². The predicted molar refractivity (Wildman–Crippen MR) is 76.1 cm³/mol. The van der Waals surface area contributed by atoms with Crippen molar-refractivity contribution in [2.75, 3.05) is 7.11 Å². The van der Waals surface area contributed by atoms with Crippen molar-refractivity contribution < 1.29 is 14.6 Å². The molecule has 0 aliphatic heterocycles. The topological polar surface area (TPSA) is 38.7 Å². The minimum atomic E-state index is -1.00. The number of methoxy groups -OCH3 is 1. The first kappa shape index (κ1) is 14.5. The van der Waals surface area contributed by atoms with Crippen molar-refractivity contribution in [1.82, 2.24) is 0 Å². The molecule has 4 heteroatoms. The second-order valence-electron chi connectivity index (χ2n) is 5.57. The van der Waals surface area contributed by atoms with Crippen molar-refractivity contribution in [3.8, 4) is 11.5 Å². The van der Waals surface area contributed by atoms with Crippen molar-refractivity contribution >= 4 is 11.6 Å². The molecule has 19 heavy (non-hydrogen) atoms. The van der Waals surface area contributed by atoms with E-state index in [0.29, 0.717) is 22.1 Å². The largest absolute Gasteiger partial charge is 0.493 e. The van der Waals surface area contributed by atoms with Gasteiger partial charge in [0.2, 0.25) is 0 Å². The lowest BCUT2D eigenvalue weighted by Crippen LogP contribution is -2.17. The van der Waals surface area contributed by atoms with Gasteiger partial charge in [-0.1, -0.05) is 11.6 Å². The lowest BCUT2D eigenvalue weighted by atomic mass is 9.98. The molecule has 1 fully saturated rings. The highest BCUT2D eigenvalue weighted by molar-refractivity contribution is 6.31. The number of halogens is 1. The molecule has 1 aliphatic carbocycles. The first-order valence-electron chi connectivity index (χ1n) is 6.69. The fraction of sp³-hybridized carbons (Fsp3) is 0.600. The number of ether oxygens (including phenoxy) is 2. The molecule has 0 radical (unpaired) electrons.